The quantitative estimate of drug-likeness (QED) is 0.176. The van der Waals surface area contributed by atoms with Crippen molar-refractivity contribution in [2.45, 2.75) is 81.6 Å². The fourth-order valence-corrected chi connectivity index (χ4v) is 10.7. The molecule has 1 saturated heterocycles. The molecule has 0 aliphatic carbocycles. The van der Waals surface area contributed by atoms with Crippen LogP contribution < -0.4 is 15.7 Å². The fourth-order valence-electron chi connectivity index (χ4n) is 6.10. The minimum Gasteiger partial charge on any atom is -0.467 e. The van der Waals surface area contributed by atoms with E-state index in [2.05, 4.69) is 50.4 Å². The molecule has 45 heavy (non-hydrogen) atoms. The Morgan fingerprint density at radius 2 is 1.33 bits per heavy atom. The Morgan fingerprint density at radius 3 is 1.84 bits per heavy atom. The van der Waals surface area contributed by atoms with Crippen LogP contribution in [0.2, 0.25) is 5.04 Å². The predicted molar refractivity (Wildman–Crippen MR) is 174 cm³/mol. The lowest BCUT2D eigenvalue weighted by Gasteiger charge is -2.46. The highest BCUT2D eigenvalue weighted by molar-refractivity contribution is 6.99. The largest absolute Gasteiger partial charge is 0.467 e. The second kappa shape index (κ2) is 15.3. The molecule has 0 unspecified atom stereocenters. The molecular weight excluding hydrogens is 590 g/mol. The average Bonchev–Trinajstić information content (AvgIpc) is 3.04. The Balaban J connectivity index is 1.48. The Kier molecular flexibility index (Phi) is 11.7. The van der Waals surface area contributed by atoms with E-state index < -0.39 is 56.8 Å². The SMILES string of the molecule is COC(=O)[C@H](Cc1ccccc1)NC(=O)CC[C@H]1O[C@H](CO[Si](c2ccccc2)(c2ccccc2)C(C)(C)C)[C@@H](O)[C@H](O)[C@H]1O. The Hall–Kier alpha value is -3.38. The number of hydrogen-bond donors (Lipinski definition) is 4. The van der Waals surface area contributed by atoms with Crippen LogP contribution in [0.4, 0.5) is 0 Å². The number of esters is 1. The van der Waals surface area contributed by atoms with Gasteiger partial charge in [0.1, 0.15) is 30.5 Å². The lowest BCUT2D eigenvalue weighted by molar-refractivity contribution is -0.229. The third-order valence-corrected chi connectivity index (χ3v) is 13.5. The first-order valence-electron chi connectivity index (χ1n) is 15.3. The van der Waals surface area contributed by atoms with Crippen molar-refractivity contribution in [3.8, 4) is 0 Å². The molecule has 0 bridgehead atoms. The maximum Gasteiger partial charge on any atom is 0.328 e. The molecule has 4 rings (SSSR count). The summed E-state index contributed by atoms with van der Waals surface area (Å²) in [6, 6.07) is 28.4. The van der Waals surface area contributed by atoms with E-state index >= 15 is 0 Å². The number of nitrogens with one attached hydrogen (secondary N) is 1. The fraction of sp³-hybridized carbons (Fsp3) is 0.429. The summed E-state index contributed by atoms with van der Waals surface area (Å²) in [6.07, 6.45) is -6.02. The maximum absolute atomic E-state index is 12.9. The molecule has 10 heteroatoms. The standard InChI is InChI=1S/C35H45NO8Si/c1-35(2,3)45(25-16-10-6-11-17-25,26-18-12-7-13-19-26)43-23-29-32(39)33(40)31(38)28(44-29)20-21-30(37)36-27(34(41)42-4)22-24-14-8-5-9-15-24/h5-19,27-29,31-33,38-40H,20-23H2,1-4H3,(H,36,37)/t27-,28+,29+,31-,32+,33+/m0/s1. The van der Waals surface area contributed by atoms with E-state index in [1.54, 1.807) is 0 Å². The number of carbonyl (C=O) groups is 2. The van der Waals surface area contributed by atoms with Crippen molar-refractivity contribution in [3.63, 3.8) is 0 Å². The zero-order valence-corrected chi connectivity index (χ0v) is 27.3. The highest BCUT2D eigenvalue weighted by atomic mass is 28.4. The lowest BCUT2D eigenvalue weighted by Crippen LogP contribution is -2.68. The number of hydrogen-bond acceptors (Lipinski definition) is 8. The summed E-state index contributed by atoms with van der Waals surface area (Å²) in [5, 5.41) is 37.1. The molecule has 1 aliphatic heterocycles. The van der Waals surface area contributed by atoms with Crippen LogP contribution in [0.3, 0.4) is 0 Å². The number of methoxy groups -OCH3 is 1. The molecule has 1 fully saturated rings. The topological polar surface area (TPSA) is 135 Å². The minimum atomic E-state index is -2.97. The second-order valence-electron chi connectivity index (χ2n) is 12.5. The molecule has 9 nitrogen and oxygen atoms in total. The molecule has 0 radical (unpaired) electrons. The summed E-state index contributed by atoms with van der Waals surface area (Å²) < 4.78 is 17.9. The van der Waals surface area contributed by atoms with E-state index in [4.69, 9.17) is 13.9 Å². The van der Waals surface area contributed by atoms with Gasteiger partial charge in [-0.05, 0) is 27.4 Å². The molecule has 0 saturated carbocycles. The number of carbonyl (C=O) groups excluding carboxylic acids is 2. The first-order valence-corrected chi connectivity index (χ1v) is 17.2. The number of amides is 1. The van der Waals surface area contributed by atoms with E-state index in [1.165, 1.54) is 7.11 Å². The Bertz CT molecular complexity index is 1330. The number of benzene rings is 3. The van der Waals surface area contributed by atoms with Crippen LogP contribution in [0.5, 0.6) is 0 Å². The van der Waals surface area contributed by atoms with Gasteiger partial charge in [-0.3, -0.25) is 4.79 Å². The molecular formula is C35H45NO8Si. The molecule has 1 aliphatic rings. The number of ether oxygens (including phenoxy) is 2. The van der Waals surface area contributed by atoms with Gasteiger partial charge in [0.05, 0.1) is 19.8 Å². The third-order valence-electron chi connectivity index (χ3n) is 8.45. The summed E-state index contributed by atoms with van der Waals surface area (Å²) in [5.41, 5.74) is 0.861. The van der Waals surface area contributed by atoms with Crippen molar-refractivity contribution in [1.29, 1.82) is 0 Å². The maximum atomic E-state index is 12.9. The molecule has 1 amide bonds. The summed E-state index contributed by atoms with van der Waals surface area (Å²) in [7, 11) is -1.70. The predicted octanol–water partition coefficient (Wildman–Crippen LogP) is 2.09. The molecule has 1 heterocycles. The minimum absolute atomic E-state index is 0.0393. The molecule has 6 atom stereocenters. The lowest BCUT2D eigenvalue weighted by atomic mass is 9.93. The zero-order valence-electron chi connectivity index (χ0n) is 26.3. The first-order chi connectivity index (χ1) is 21.5. The van der Waals surface area contributed by atoms with Crippen molar-refractivity contribution >= 4 is 30.6 Å². The molecule has 0 aromatic heterocycles. The second-order valence-corrected chi connectivity index (χ2v) is 16.8. The van der Waals surface area contributed by atoms with Crippen LogP contribution >= 0.6 is 0 Å². The van der Waals surface area contributed by atoms with Gasteiger partial charge in [0, 0.05) is 12.8 Å². The summed E-state index contributed by atoms with van der Waals surface area (Å²) in [4.78, 5) is 25.3. The summed E-state index contributed by atoms with van der Waals surface area (Å²) in [6.45, 7) is 6.37. The van der Waals surface area contributed by atoms with E-state index in [-0.39, 0.29) is 30.9 Å². The number of rotatable bonds is 12. The van der Waals surface area contributed by atoms with Crippen molar-refractivity contribution < 1.29 is 38.8 Å². The van der Waals surface area contributed by atoms with Gasteiger partial charge in [0.15, 0.2) is 0 Å². The van der Waals surface area contributed by atoms with Gasteiger partial charge in [-0.15, -0.1) is 0 Å². The van der Waals surface area contributed by atoms with Crippen LogP contribution in [-0.4, -0.2) is 85.8 Å². The van der Waals surface area contributed by atoms with Crippen LogP contribution in [0.1, 0.15) is 39.2 Å². The van der Waals surface area contributed by atoms with Gasteiger partial charge in [-0.25, -0.2) is 4.79 Å². The average molecular weight is 636 g/mol. The number of aliphatic hydroxyl groups is 3. The number of aliphatic hydroxyl groups excluding tert-OH is 3. The van der Waals surface area contributed by atoms with E-state index in [0.717, 1.165) is 15.9 Å². The Labute approximate surface area is 266 Å². The summed E-state index contributed by atoms with van der Waals surface area (Å²) >= 11 is 0. The first kappa shape index (κ1) is 34.5. The molecule has 3 aromatic rings. The van der Waals surface area contributed by atoms with E-state index in [1.807, 2.05) is 66.7 Å². The third kappa shape index (κ3) is 8.07. The molecule has 3 aromatic carbocycles. The normalized spacial score (nSPS) is 22.8. The molecule has 4 N–H and O–H groups in total. The van der Waals surface area contributed by atoms with Crippen molar-refractivity contribution in [2.75, 3.05) is 13.7 Å². The van der Waals surface area contributed by atoms with Crippen LogP contribution in [0.15, 0.2) is 91.0 Å². The monoisotopic (exact) mass is 635 g/mol. The smallest absolute Gasteiger partial charge is 0.328 e. The van der Waals surface area contributed by atoms with Crippen LogP contribution in [0, 0.1) is 0 Å². The van der Waals surface area contributed by atoms with Gasteiger partial charge in [-0.2, -0.15) is 0 Å². The highest BCUT2D eigenvalue weighted by Crippen LogP contribution is 2.37. The molecule has 0 spiro atoms. The zero-order chi connectivity index (χ0) is 32.6. The van der Waals surface area contributed by atoms with Gasteiger partial charge >= 0.3 is 5.97 Å². The van der Waals surface area contributed by atoms with Gasteiger partial charge in [0.25, 0.3) is 8.32 Å². The van der Waals surface area contributed by atoms with Crippen molar-refractivity contribution in [2.24, 2.45) is 0 Å². The van der Waals surface area contributed by atoms with Crippen LogP contribution in [0.25, 0.3) is 0 Å². The highest BCUT2D eigenvalue weighted by Gasteiger charge is 2.52. The van der Waals surface area contributed by atoms with Gasteiger partial charge in [-0.1, -0.05) is 112 Å². The van der Waals surface area contributed by atoms with Crippen molar-refractivity contribution in [3.05, 3.63) is 96.6 Å². The summed E-state index contributed by atoms with van der Waals surface area (Å²) in [5.74, 6) is -1.00. The Morgan fingerprint density at radius 1 is 0.822 bits per heavy atom. The van der Waals surface area contributed by atoms with Gasteiger partial charge in [0.2, 0.25) is 5.91 Å². The van der Waals surface area contributed by atoms with Crippen LogP contribution in [-0.2, 0) is 29.9 Å². The van der Waals surface area contributed by atoms with E-state index in [9.17, 15) is 24.9 Å². The molecule has 242 valence electrons. The van der Waals surface area contributed by atoms with E-state index in [0.29, 0.717) is 0 Å². The van der Waals surface area contributed by atoms with Crippen molar-refractivity contribution in [1.82, 2.24) is 5.32 Å². The van der Waals surface area contributed by atoms with Gasteiger partial charge < -0.3 is 34.5 Å².